The number of ether oxygens (including phenoxy) is 1. The topological polar surface area (TPSA) is 92.5 Å². The summed E-state index contributed by atoms with van der Waals surface area (Å²) < 4.78 is 11.2. The Morgan fingerprint density at radius 2 is 1.69 bits per heavy atom. The zero-order valence-corrected chi connectivity index (χ0v) is 19.2. The van der Waals surface area contributed by atoms with Crippen molar-refractivity contribution < 1.29 is 9.53 Å². The van der Waals surface area contributed by atoms with Gasteiger partial charge in [-0.25, -0.2) is 4.79 Å². The summed E-state index contributed by atoms with van der Waals surface area (Å²) in [5, 5.41) is 0. The predicted molar refractivity (Wildman–Crippen MR) is 122 cm³/mol. The van der Waals surface area contributed by atoms with Gasteiger partial charge in [0.15, 0.2) is 11.2 Å². The van der Waals surface area contributed by atoms with Gasteiger partial charge in [0.1, 0.15) is 0 Å². The van der Waals surface area contributed by atoms with E-state index in [9.17, 15) is 14.4 Å². The quantitative estimate of drug-likeness (QED) is 0.447. The Morgan fingerprint density at radius 3 is 2.31 bits per heavy atom. The van der Waals surface area contributed by atoms with Crippen molar-refractivity contribution in [1.82, 2.24) is 23.1 Å². The van der Waals surface area contributed by atoms with Gasteiger partial charge in [0, 0.05) is 30.7 Å². The Labute approximate surface area is 184 Å². The van der Waals surface area contributed by atoms with Crippen LogP contribution >= 0.6 is 0 Å². The Bertz CT molecular complexity index is 1480. The van der Waals surface area contributed by atoms with E-state index in [1.807, 2.05) is 32.3 Å². The molecule has 1 aromatic carbocycles. The van der Waals surface area contributed by atoms with Gasteiger partial charge in [0.25, 0.3) is 5.56 Å². The van der Waals surface area contributed by atoms with E-state index in [1.165, 1.54) is 4.57 Å². The van der Waals surface area contributed by atoms with E-state index in [0.717, 1.165) is 32.8 Å². The van der Waals surface area contributed by atoms with Gasteiger partial charge in [-0.2, -0.15) is 4.98 Å². The molecule has 0 unspecified atom stereocenters. The minimum atomic E-state index is -0.514. The number of carbonyl (C=O) groups excluding carboxylic acids is 1. The summed E-state index contributed by atoms with van der Waals surface area (Å²) in [6.45, 7) is 9.89. The summed E-state index contributed by atoms with van der Waals surface area (Å²) in [5.41, 5.74) is 4.63. The van der Waals surface area contributed by atoms with Gasteiger partial charge < -0.3 is 4.74 Å². The molecule has 4 aromatic rings. The number of aryl methyl sites for hydroxylation is 4. The molecule has 0 saturated carbocycles. The molecule has 0 N–H and O–H groups in total. The third-order valence-electron chi connectivity index (χ3n) is 5.83. The highest BCUT2D eigenvalue weighted by Gasteiger charge is 2.23. The molecule has 0 aliphatic carbocycles. The first-order valence-electron chi connectivity index (χ1n) is 10.6. The lowest BCUT2D eigenvalue weighted by Gasteiger charge is -2.09. The van der Waals surface area contributed by atoms with Crippen molar-refractivity contribution in [2.45, 2.75) is 47.6 Å². The van der Waals surface area contributed by atoms with E-state index in [-0.39, 0.29) is 19.6 Å². The summed E-state index contributed by atoms with van der Waals surface area (Å²) in [6, 6.07) is 6.23. The fourth-order valence-electron chi connectivity index (χ4n) is 4.27. The monoisotopic (exact) mass is 437 g/mol. The molecule has 0 spiro atoms. The van der Waals surface area contributed by atoms with Crippen LogP contribution in [0.25, 0.3) is 22.6 Å². The Balaban J connectivity index is 2.01. The third-order valence-corrected chi connectivity index (χ3v) is 5.83. The van der Waals surface area contributed by atoms with Crippen molar-refractivity contribution in [2.24, 2.45) is 7.05 Å². The number of imidazole rings is 2. The van der Waals surface area contributed by atoms with Crippen LogP contribution in [0.15, 0.2) is 27.8 Å². The normalized spacial score (nSPS) is 11.6. The number of nitrogens with zero attached hydrogens (tertiary/aromatic N) is 5. The summed E-state index contributed by atoms with van der Waals surface area (Å²) in [7, 11) is 1.58. The SMILES string of the molecule is CCOC(=O)CCn1c(=O)c2c(nc3n(-c4cc(C)cc(C)c4)c(C)c(C)n23)n(C)c1=O. The number of benzene rings is 1. The molecule has 0 radical (unpaired) electrons. The first-order valence-corrected chi connectivity index (χ1v) is 10.6. The van der Waals surface area contributed by atoms with Gasteiger partial charge in [-0.05, 0) is 57.9 Å². The molecule has 9 nitrogen and oxygen atoms in total. The van der Waals surface area contributed by atoms with Gasteiger partial charge in [-0.1, -0.05) is 6.07 Å². The van der Waals surface area contributed by atoms with Crippen LogP contribution in [-0.4, -0.2) is 35.7 Å². The number of hydrogen-bond acceptors (Lipinski definition) is 5. The lowest BCUT2D eigenvalue weighted by molar-refractivity contribution is -0.143. The molecule has 168 valence electrons. The second-order valence-electron chi connectivity index (χ2n) is 8.12. The van der Waals surface area contributed by atoms with Crippen molar-refractivity contribution >= 4 is 22.9 Å². The number of esters is 1. The van der Waals surface area contributed by atoms with E-state index >= 15 is 0 Å². The van der Waals surface area contributed by atoms with Gasteiger partial charge in [-0.15, -0.1) is 0 Å². The highest BCUT2D eigenvalue weighted by atomic mass is 16.5. The number of hydrogen-bond donors (Lipinski definition) is 0. The average Bonchev–Trinajstić information content (AvgIpc) is 3.21. The van der Waals surface area contributed by atoms with Crippen LogP contribution in [-0.2, 0) is 23.1 Å². The van der Waals surface area contributed by atoms with Crippen molar-refractivity contribution in [2.75, 3.05) is 6.61 Å². The molecule has 4 rings (SSSR count). The van der Waals surface area contributed by atoms with Crippen LogP contribution in [0.4, 0.5) is 0 Å². The molecular weight excluding hydrogens is 410 g/mol. The largest absolute Gasteiger partial charge is 0.466 e. The Kier molecular flexibility index (Phi) is 5.28. The molecule has 0 aliphatic rings. The fourth-order valence-corrected chi connectivity index (χ4v) is 4.27. The first-order chi connectivity index (χ1) is 15.1. The molecule has 3 aromatic heterocycles. The van der Waals surface area contributed by atoms with Gasteiger partial charge >= 0.3 is 11.7 Å². The highest BCUT2D eigenvalue weighted by molar-refractivity contribution is 5.77. The molecule has 9 heteroatoms. The molecule has 0 fully saturated rings. The number of carbonyl (C=O) groups is 1. The Morgan fingerprint density at radius 1 is 1.03 bits per heavy atom. The van der Waals surface area contributed by atoms with Gasteiger partial charge in [0.2, 0.25) is 5.78 Å². The molecule has 0 amide bonds. The van der Waals surface area contributed by atoms with Crippen LogP contribution < -0.4 is 11.2 Å². The summed E-state index contributed by atoms with van der Waals surface area (Å²) >= 11 is 0. The summed E-state index contributed by atoms with van der Waals surface area (Å²) in [6.07, 6.45) is -0.0575. The summed E-state index contributed by atoms with van der Waals surface area (Å²) in [4.78, 5) is 42.8. The Hall–Kier alpha value is -3.62. The van der Waals surface area contributed by atoms with E-state index in [4.69, 9.17) is 9.72 Å². The highest BCUT2D eigenvalue weighted by Crippen LogP contribution is 2.25. The van der Waals surface area contributed by atoms with Gasteiger partial charge in [-0.3, -0.25) is 27.7 Å². The van der Waals surface area contributed by atoms with Crippen LogP contribution in [0.3, 0.4) is 0 Å². The van der Waals surface area contributed by atoms with E-state index in [0.29, 0.717) is 16.9 Å². The molecule has 0 bridgehead atoms. The van der Waals surface area contributed by atoms with Crippen LogP contribution in [0.5, 0.6) is 0 Å². The maximum absolute atomic E-state index is 13.4. The van der Waals surface area contributed by atoms with E-state index in [1.54, 1.807) is 18.4 Å². The maximum atomic E-state index is 13.4. The summed E-state index contributed by atoms with van der Waals surface area (Å²) in [5.74, 6) is 0.114. The average molecular weight is 438 g/mol. The molecule has 32 heavy (non-hydrogen) atoms. The van der Waals surface area contributed by atoms with Crippen LogP contribution in [0.1, 0.15) is 35.9 Å². The molecular formula is C23H27N5O4. The zero-order valence-electron chi connectivity index (χ0n) is 19.2. The van der Waals surface area contributed by atoms with E-state index in [2.05, 4.69) is 18.2 Å². The first kappa shape index (κ1) is 21.6. The van der Waals surface area contributed by atoms with Crippen LogP contribution in [0, 0.1) is 27.7 Å². The second kappa shape index (κ2) is 7.81. The third kappa shape index (κ3) is 3.24. The maximum Gasteiger partial charge on any atom is 0.332 e. The van der Waals surface area contributed by atoms with Crippen molar-refractivity contribution in [3.8, 4) is 5.69 Å². The lowest BCUT2D eigenvalue weighted by atomic mass is 10.1. The molecule has 0 saturated heterocycles. The fraction of sp³-hybridized carbons (Fsp3) is 0.391. The van der Waals surface area contributed by atoms with Gasteiger partial charge in [0.05, 0.1) is 13.0 Å². The number of rotatable bonds is 5. The predicted octanol–water partition coefficient (Wildman–Crippen LogP) is 2.33. The zero-order chi connectivity index (χ0) is 23.3. The van der Waals surface area contributed by atoms with Crippen molar-refractivity contribution in [3.05, 3.63) is 61.6 Å². The number of fused-ring (bicyclic) bond motifs is 3. The van der Waals surface area contributed by atoms with Crippen molar-refractivity contribution in [1.29, 1.82) is 0 Å². The van der Waals surface area contributed by atoms with E-state index < -0.39 is 17.2 Å². The minimum Gasteiger partial charge on any atom is -0.466 e. The molecule has 0 aliphatic heterocycles. The minimum absolute atomic E-state index is 0.0523. The van der Waals surface area contributed by atoms with Crippen LogP contribution in [0.2, 0.25) is 0 Å². The standard InChI is InChI=1S/C23H27N5O4/c1-7-32-18(29)8-9-26-21(30)19-20(25(6)23(26)31)24-22-27(15(4)16(5)28(19)22)17-11-13(2)10-14(3)12-17/h10-12H,7-9H2,1-6H3. The smallest absolute Gasteiger partial charge is 0.332 e. The second-order valence-corrected chi connectivity index (χ2v) is 8.12. The molecule has 3 heterocycles. The lowest BCUT2D eigenvalue weighted by Crippen LogP contribution is -2.40. The number of aromatic nitrogens is 5. The van der Waals surface area contributed by atoms with Crippen molar-refractivity contribution in [3.63, 3.8) is 0 Å². The molecule has 0 atom stereocenters.